The molecule has 20 heavy (non-hydrogen) atoms. The van der Waals surface area contributed by atoms with Gasteiger partial charge in [0.2, 0.25) is 0 Å². The summed E-state index contributed by atoms with van der Waals surface area (Å²) in [4.78, 5) is 2.46. The van der Waals surface area contributed by atoms with Crippen molar-refractivity contribution in [1.82, 2.24) is 4.90 Å². The number of hydrogen-bond donors (Lipinski definition) is 0. The molecule has 1 saturated heterocycles. The highest BCUT2D eigenvalue weighted by atomic mass is 16.7. The van der Waals surface area contributed by atoms with Crippen LogP contribution in [-0.2, 0) is 14.2 Å². The van der Waals surface area contributed by atoms with E-state index in [1.54, 1.807) is 7.11 Å². The maximum atomic E-state index is 5.60. The molecule has 0 spiro atoms. The molecule has 0 amide bonds. The van der Waals surface area contributed by atoms with Crippen LogP contribution in [0.25, 0.3) is 0 Å². The van der Waals surface area contributed by atoms with Crippen LogP contribution in [0.2, 0.25) is 0 Å². The summed E-state index contributed by atoms with van der Waals surface area (Å²) in [6.07, 6.45) is 0. The molecule has 4 heteroatoms. The zero-order chi connectivity index (χ0) is 14.4. The van der Waals surface area contributed by atoms with Gasteiger partial charge in [0, 0.05) is 19.7 Å². The third-order valence-electron chi connectivity index (χ3n) is 3.86. The Labute approximate surface area is 121 Å². The fourth-order valence-electron chi connectivity index (χ4n) is 2.50. The molecule has 3 atom stereocenters. The Kier molecular flexibility index (Phi) is 5.54. The van der Waals surface area contributed by atoms with Gasteiger partial charge in [0.15, 0.2) is 0 Å². The summed E-state index contributed by atoms with van der Waals surface area (Å²) >= 11 is 0. The molecule has 1 fully saturated rings. The maximum Gasteiger partial charge on any atom is 0.146 e. The average Bonchev–Trinajstić information content (AvgIpc) is 3.15. The van der Waals surface area contributed by atoms with Gasteiger partial charge in [-0.25, -0.2) is 0 Å². The summed E-state index contributed by atoms with van der Waals surface area (Å²) in [5.41, 5.74) is 1.49. The van der Waals surface area contributed by atoms with Crippen molar-refractivity contribution in [3.05, 3.63) is 35.9 Å². The molecule has 0 N–H and O–H groups in total. The van der Waals surface area contributed by atoms with E-state index < -0.39 is 0 Å². The predicted molar refractivity (Wildman–Crippen MR) is 78.6 cm³/mol. The monoisotopic (exact) mass is 279 g/mol. The molecule has 112 valence electrons. The second-order valence-electron chi connectivity index (χ2n) is 5.58. The van der Waals surface area contributed by atoms with Crippen molar-refractivity contribution < 1.29 is 14.2 Å². The molecular formula is C16H25NO3. The molecule has 1 heterocycles. The van der Waals surface area contributed by atoms with Crippen molar-refractivity contribution in [3.8, 4) is 0 Å². The first kappa shape index (κ1) is 15.4. The van der Waals surface area contributed by atoms with Gasteiger partial charge in [-0.2, -0.15) is 0 Å². The SMILES string of the molecule is COCCOCOCC1(C)CN1C(C)c1ccccc1. The maximum absolute atomic E-state index is 5.60. The van der Waals surface area contributed by atoms with Crippen molar-refractivity contribution in [2.45, 2.75) is 25.4 Å². The second-order valence-corrected chi connectivity index (χ2v) is 5.58. The Bertz CT molecular complexity index is 398. The van der Waals surface area contributed by atoms with Crippen LogP contribution < -0.4 is 0 Å². The number of hydrogen-bond acceptors (Lipinski definition) is 4. The second kappa shape index (κ2) is 7.18. The third-order valence-corrected chi connectivity index (χ3v) is 3.86. The van der Waals surface area contributed by atoms with Gasteiger partial charge in [0.05, 0.1) is 25.4 Å². The summed E-state index contributed by atoms with van der Waals surface area (Å²) in [5, 5.41) is 0. The molecule has 0 radical (unpaired) electrons. The normalized spacial score (nSPS) is 26.4. The number of methoxy groups -OCH3 is 1. The molecule has 4 nitrogen and oxygen atoms in total. The molecule has 0 aliphatic carbocycles. The minimum Gasteiger partial charge on any atom is -0.382 e. The Morgan fingerprint density at radius 1 is 1.20 bits per heavy atom. The Hall–Kier alpha value is -0.940. The van der Waals surface area contributed by atoms with E-state index in [2.05, 4.69) is 49.1 Å². The van der Waals surface area contributed by atoms with Crippen LogP contribution in [0.15, 0.2) is 30.3 Å². The minimum atomic E-state index is 0.139. The van der Waals surface area contributed by atoms with E-state index in [1.165, 1.54) is 5.56 Å². The first-order valence-corrected chi connectivity index (χ1v) is 7.13. The van der Waals surface area contributed by atoms with E-state index in [0.29, 0.717) is 32.7 Å². The highest BCUT2D eigenvalue weighted by Crippen LogP contribution is 2.40. The molecule has 2 rings (SSSR count). The highest BCUT2D eigenvalue weighted by Gasteiger charge is 2.50. The minimum absolute atomic E-state index is 0.139. The van der Waals surface area contributed by atoms with Crippen LogP contribution in [0.3, 0.4) is 0 Å². The molecule has 0 bridgehead atoms. The Morgan fingerprint density at radius 2 is 1.95 bits per heavy atom. The van der Waals surface area contributed by atoms with E-state index in [4.69, 9.17) is 14.2 Å². The van der Waals surface area contributed by atoms with Gasteiger partial charge < -0.3 is 14.2 Å². The summed E-state index contributed by atoms with van der Waals surface area (Å²) in [6, 6.07) is 11.0. The zero-order valence-electron chi connectivity index (χ0n) is 12.7. The smallest absolute Gasteiger partial charge is 0.146 e. The lowest BCUT2D eigenvalue weighted by Crippen LogP contribution is -2.24. The van der Waals surface area contributed by atoms with Crippen molar-refractivity contribution in [1.29, 1.82) is 0 Å². The van der Waals surface area contributed by atoms with Crippen LogP contribution in [-0.4, -0.2) is 50.7 Å². The predicted octanol–water partition coefficient (Wildman–Crippen LogP) is 2.46. The summed E-state index contributed by atoms with van der Waals surface area (Å²) < 4.78 is 15.8. The number of benzene rings is 1. The van der Waals surface area contributed by atoms with Crippen LogP contribution in [0.5, 0.6) is 0 Å². The van der Waals surface area contributed by atoms with Crippen molar-refractivity contribution in [3.63, 3.8) is 0 Å². The van der Waals surface area contributed by atoms with Gasteiger partial charge in [0.25, 0.3) is 0 Å². The van der Waals surface area contributed by atoms with Gasteiger partial charge in [-0.1, -0.05) is 30.3 Å². The van der Waals surface area contributed by atoms with Crippen molar-refractivity contribution >= 4 is 0 Å². The van der Waals surface area contributed by atoms with E-state index in [9.17, 15) is 0 Å². The Balaban J connectivity index is 1.69. The Morgan fingerprint density at radius 3 is 2.65 bits per heavy atom. The van der Waals surface area contributed by atoms with Gasteiger partial charge in [-0.05, 0) is 19.4 Å². The highest BCUT2D eigenvalue weighted by molar-refractivity contribution is 5.22. The molecule has 1 aromatic rings. The molecule has 1 aliphatic heterocycles. The van der Waals surface area contributed by atoms with Crippen LogP contribution in [0.1, 0.15) is 25.5 Å². The molecular weight excluding hydrogens is 254 g/mol. The molecule has 0 aromatic heterocycles. The van der Waals surface area contributed by atoms with Gasteiger partial charge in [-0.3, -0.25) is 4.90 Å². The van der Waals surface area contributed by atoms with E-state index in [-0.39, 0.29) is 5.54 Å². The molecule has 3 unspecified atom stereocenters. The summed E-state index contributed by atoms with van der Waals surface area (Å²) in [7, 11) is 1.66. The molecule has 0 saturated carbocycles. The lowest BCUT2D eigenvalue weighted by molar-refractivity contribution is -0.0737. The van der Waals surface area contributed by atoms with Crippen LogP contribution >= 0.6 is 0 Å². The number of nitrogens with zero attached hydrogens (tertiary/aromatic N) is 1. The van der Waals surface area contributed by atoms with Crippen LogP contribution in [0, 0.1) is 0 Å². The zero-order valence-corrected chi connectivity index (χ0v) is 12.7. The molecule has 1 aromatic carbocycles. The topological polar surface area (TPSA) is 30.7 Å². The quantitative estimate of drug-likeness (QED) is 0.395. The first-order chi connectivity index (χ1) is 9.67. The van der Waals surface area contributed by atoms with Gasteiger partial charge >= 0.3 is 0 Å². The van der Waals surface area contributed by atoms with Crippen molar-refractivity contribution in [2.75, 3.05) is 40.3 Å². The fourth-order valence-corrected chi connectivity index (χ4v) is 2.50. The van der Waals surface area contributed by atoms with Gasteiger partial charge in [0.1, 0.15) is 6.79 Å². The van der Waals surface area contributed by atoms with Gasteiger partial charge in [-0.15, -0.1) is 0 Å². The number of rotatable bonds is 9. The average molecular weight is 279 g/mol. The van der Waals surface area contributed by atoms with E-state index in [1.807, 2.05) is 0 Å². The number of ether oxygens (including phenoxy) is 3. The fraction of sp³-hybridized carbons (Fsp3) is 0.625. The van der Waals surface area contributed by atoms with E-state index >= 15 is 0 Å². The first-order valence-electron chi connectivity index (χ1n) is 7.13. The standard InChI is InChI=1S/C16H25NO3/c1-14(15-7-5-4-6-8-15)17-11-16(17,2)12-20-13-19-10-9-18-3/h4-8,14H,9-13H2,1-3H3. The molecule has 1 aliphatic rings. The van der Waals surface area contributed by atoms with Crippen molar-refractivity contribution in [2.24, 2.45) is 0 Å². The largest absolute Gasteiger partial charge is 0.382 e. The third kappa shape index (κ3) is 4.03. The lowest BCUT2D eigenvalue weighted by atomic mass is 10.1. The summed E-state index contributed by atoms with van der Waals surface area (Å²) in [6.45, 7) is 7.79. The van der Waals surface area contributed by atoms with E-state index in [0.717, 1.165) is 6.54 Å². The van der Waals surface area contributed by atoms with Crippen LogP contribution in [0.4, 0.5) is 0 Å². The lowest BCUT2D eigenvalue weighted by Gasteiger charge is -2.19. The summed E-state index contributed by atoms with van der Waals surface area (Å²) in [5.74, 6) is 0.